The zero-order chi connectivity index (χ0) is 25.9. The minimum atomic E-state index is -0.515. The first-order valence-corrected chi connectivity index (χ1v) is 11.8. The minimum Gasteiger partial charge on any atom is -0.489 e. The third-order valence-electron chi connectivity index (χ3n) is 5.51. The highest BCUT2D eigenvalue weighted by Crippen LogP contribution is 2.18. The zero-order valence-electron chi connectivity index (χ0n) is 20.0. The Morgan fingerprint density at radius 2 is 1.57 bits per heavy atom. The lowest BCUT2D eigenvalue weighted by atomic mass is 10.0. The third kappa shape index (κ3) is 7.86. The molecule has 2 amide bonds. The molecule has 0 heterocycles. The molecule has 0 aromatic heterocycles. The highest BCUT2D eigenvalue weighted by molar-refractivity contribution is 5.94. The summed E-state index contributed by atoms with van der Waals surface area (Å²) in [5.74, 6) is -0.271. The molecule has 4 rings (SSSR count). The summed E-state index contributed by atoms with van der Waals surface area (Å²) in [4.78, 5) is 25.3. The van der Waals surface area contributed by atoms with Gasteiger partial charge in [0, 0.05) is 5.56 Å². The summed E-state index contributed by atoms with van der Waals surface area (Å²) in [6, 6.07) is 31.1. The minimum absolute atomic E-state index is 0.0206. The Labute approximate surface area is 214 Å². The quantitative estimate of drug-likeness (QED) is 0.228. The Morgan fingerprint density at radius 3 is 2.27 bits per heavy atom. The Kier molecular flexibility index (Phi) is 8.75. The van der Waals surface area contributed by atoms with E-state index in [1.807, 2.05) is 36.4 Å². The molecule has 6 nitrogen and oxygen atoms in total. The number of rotatable bonds is 10. The van der Waals surface area contributed by atoms with Crippen LogP contribution >= 0.6 is 0 Å². The maximum atomic E-state index is 13.3. The Balaban J connectivity index is 1.31. The number of halogens is 1. The first-order chi connectivity index (χ1) is 18.1. The van der Waals surface area contributed by atoms with Gasteiger partial charge in [0.15, 0.2) is 0 Å². The summed E-state index contributed by atoms with van der Waals surface area (Å²) >= 11 is 0. The standard InChI is InChI=1S/C30H26FN3O3/c31-26-13-7-8-23(18-26)21-37-27-16-14-22(15-17-27)20-32-34-29(35)19-28(24-9-3-1-4-10-24)33-30(36)25-11-5-2-6-12-25/h1-18,20,28H,19,21H2,(H,33,36)(H,34,35)/b32-20-/t28-/m1/s1. The molecule has 0 aliphatic carbocycles. The van der Waals surface area contributed by atoms with Crippen LogP contribution in [-0.2, 0) is 11.4 Å². The number of carbonyl (C=O) groups excluding carboxylic acids is 2. The van der Waals surface area contributed by atoms with Crippen molar-refractivity contribution in [2.45, 2.75) is 19.1 Å². The van der Waals surface area contributed by atoms with Gasteiger partial charge in [-0.3, -0.25) is 9.59 Å². The molecule has 4 aromatic rings. The van der Waals surface area contributed by atoms with Crippen molar-refractivity contribution in [1.29, 1.82) is 0 Å². The number of nitrogens with one attached hydrogen (secondary N) is 2. The van der Waals surface area contributed by atoms with E-state index in [0.29, 0.717) is 11.3 Å². The van der Waals surface area contributed by atoms with E-state index in [1.165, 1.54) is 18.3 Å². The van der Waals surface area contributed by atoms with Gasteiger partial charge in [-0.1, -0.05) is 60.7 Å². The fourth-order valence-corrected chi connectivity index (χ4v) is 3.62. The van der Waals surface area contributed by atoms with Crippen LogP contribution in [0.15, 0.2) is 114 Å². The molecular weight excluding hydrogens is 469 g/mol. The molecule has 0 spiro atoms. The average molecular weight is 496 g/mol. The largest absolute Gasteiger partial charge is 0.489 e. The van der Waals surface area contributed by atoms with Gasteiger partial charge in [-0.25, -0.2) is 9.82 Å². The normalized spacial score (nSPS) is 11.6. The number of amides is 2. The molecule has 37 heavy (non-hydrogen) atoms. The van der Waals surface area contributed by atoms with Gasteiger partial charge in [0.05, 0.1) is 18.7 Å². The van der Waals surface area contributed by atoms with E-state index in [-0.39, 0.29) is 30.7 Å². The number of benzene rings is 4. The zero-order valence-corrected chi connectivity index (χ0v) is 20.0. The van der Waals surface area contributed by atoms with E-state index in [9.17, 15) is 14.0 Å². The van der Waals surface area contributed by atoms with Crippen molar-refractivity contribution in [1.82, 2.24) is 10.7 Å². The third-order valence-corrected chi connectivity index (χ3v) is 5.51. The summed E-state index contributed by atoms with van der Waals surface area (Å²) in [5, 5.41) is 6.97. The lowest BCUT2D eigenvalue weighted by molar-refractivity contribution is -0.121. The van der Waals surface area contributed by atoms with Crippen LogP contribution in [0.25, 0.3) is 0 Å². The number of ether oxygens (including phenoxy) is 1. The number of hydrogen-bond donors (Lipinski definition) is 2. The van der Waals surface area contributed by atoms with Crippen LogP contribution in [0.1, 0.15) is 39.5 Å². The smallest absolute Gasteiger partial charge is 0.251 e. The topological polar surface area (TPSA) is 79.8 Å². The van der Waals surface area contributed by atoms with Crippen LogP contribution in [0.2, 0.25) is 0 Å². The number of hydrogen-bond acceptors (Lipinski definition) is 4. The average Bonchev–Trinajstić information content (AvgIpc) is 2.93. The molecule has 1 atom stereocenters. The van der Waals surface area contributed by atoms with E-state index >= 15 is 0 Å². The van der Waals surface area contributed by atoms with Gasteiger partial charge in [-0.05, 0) is 65.2 Å². The van der Waals surface area contributed by atoms with E-state index in [4.69, 9.17) is 4.74 Å². The van der Waals surface area contributed by atoms with Crippen LogP contribution in [0, 0.1) is 5.82 Å². The molecular formula is C30H26FN3O3. The molecule has 2 N–H and O–H groups in total. The maximum absolute atomic E-state index is 13.3. The highest BCUT2D eigenvalue weighted by atomic mass is 19.1. The predicted molar refractivity (Wildman–Crippen MR) is 141 cm³/mol. The summed E-state index contributed by atoms with van der Waals surface area (Å²) in [5.41, 5.74) is 5.36. The first-order valence-electron chi connectivity index (χ1n) is 11.8. The Bertz CT molecular complexity index is 1340. The van der Waals surface area contributed by atoms with Crippen LogP contribution in [-0.4, -0.2) is 18.0 Å². The van der Waals surface area contributed by atoms with Crippen molar-refractivity contribution >= 4 is 18.0 Å². The Hall–Kier alpha value is -4.78. The van der Waals surface area contributed by atoms with Gasteiger partial charge in [0.1, 0.15) is 18.2 Å². The van der Waals surface area contributed by atoms with Gasteiger partial charge >= 0.3 is 0 Å². The van der Waals surface area contributed by atoms with Crippen LogP contribution in [0.3, 0.4) is 0 Å². The van der Waals surface area contributed by atoms with Crippen molar-refractivity contribution in [2.75, 3.05) is 0 Å². The molecule has 0 bridgehead atoms. The van der Waals surface area contributed by atoms with E-state index < -0.39 is 6.04 Å². The van der Waals surface area contributed by atoms with Crippen molar-refractivity contribution in [2.24, 2.45) is 5.10 Å². The molecule has 4 aromatic carbocycles. The SMILES string of the molecule is O=C(C[C@@H](NC(=O)c1ccccc1)c1ccccc1)N/N=C\c1ccc(OCc2cccc(F)c2)cc1. The van der Waals surface area contributed by atoms with Crippen molar-refractivity contribution in [3.63, 3.8) is 0 Å². The van der Waals surface area contributed by atoms with Gasteiger partial charge in [0.25, 0.3) is 5.91 Å². The second-order valence-electron chi connectivity index (χ2n) is 8.29. The lowest BCUT2D eigenvalue weighted by Gasteiger charge is -2.18. The van der Waals surface area contributed by atoms with Crippen molar-refractivity contribution < 1.29 is 18.7 Å². The molecule has 0 saturated heterocycles. The maximum Gasteiger partial charge on any atom is 0.251 e. The lowest BCUT2D eigenvalue weighted by Crippen LogP contribution is -2.32. The molecule has 186 valence electrons. The summed E-state index contributed by atoms with van der Waals surface area (Å²) in [6.45, 7) is 0.255. The molecule has 0 radical (unpaired) electrons. The summed E-state index contributed by atoms with van der Waals surface area (Å²) in [7, 11) is 0. The van der Waals surface area contributed by atoms with Crippen LogP contribution in [0.5, 0.6) is 5.75 Å². The fraction of sp³-hybridized carbons (Fsp3) is 0.100. The molecule has 7 heteroatoms. The molecule has 0 saturated carbocycles. The second kappa shape index (κ2) is 12.8. The Morgan fingerprint density at radius 1 is 0.865 bits per heavy atom. The van der Waals surface area contributed by atoms with Crippen molar-refractivity contribution in [3.05, 3.63) is 137 Å². The van der Waals surface area contributed by atoms with Gasteiger partial charge in [0.2, 0.25) is 5.91 Å². The van der Waals surface area contributed by atoms with Crippen LogP contribution in [0.4, 0.5) is 4.39 Å². The fourth-order valence-electron chi connectivity index (χ4n) is 3.62. The van der Waals surface area contributed by atoms with Gasteiger partial charge in [-0.15, -0.1) is 0 Å². The predicted octanol–water partition coefficient (Wildman–Crippen LogP) is 5.42. The summed E-state index contributed by atoms with van der Waals surface area (Å²) < 4.78 is 19.0. The molecule has 0 aliphatic rings. The van der Waals surface area contributed by atoms with E-state index in [1.54, 1.807) is 60.7 Å². The molecule has 0 unspecified atom stereocenters. The second-order valence-corrected chi connectivity index (χ2v) is 8.29. The van der Waals surface area contributed by atoms with Gasteiger partial charge < -0.3 is 10.1 Å². The van der Waals surface area contributed by atoms with Crippen LogP contribution < -0.4 is 15.5 Å². The first kappa shape index (κ1) is 25.3. The highest BCUT2D eigenvalue weighted by Gasteiger charge is 2.19. The van der Waals surface area contributed by atoms with Crippen molar-refractivity contribution in [3.8, 4) is 5.75 Å². The number of carbonyl (C=O) groups is 2. The number of hydrazone groups is 1. The van der Waals surface area contributed by atoms with E-state index in [0.717, 1.165) is 16.7 Å². The summed E-state index contributed by atoms with van der Waals surface area (Å²) in [6.07, 6.45) is 1.54. The van der Waals surface area contributed by atoms with E-state index in [2.05, 4.69) is 15.8 Å². The van der Waals surface area contributed by atoms with Gasteiger partial charge in [-0.2, -0.15) is 5.10 Å². The number of nitrogens with zero attached hydrogens (tertiary/aromatic N) is 1. The molecule has 0 aliphatic heterocycles. The monoisotopic (exact) mass is 495 g/mol. The molecule has 0 fully saturated rings.